The van der Waals surface area contributed by atoms with Crippen molar-refractivity contribution < 1.29 is 4.74 Å². The van der Waals surface area contributed by atoms with E-state index in [9.17, 15) is 0 Å². The number of para-hydroxylation sites is 2. The average Bonchev–Trinajstić information content (AvgIpc) is 2.39. The number of ether oxygens (including phenoxy) is 1. The van der Waals surface area contributed by atoms with E-state index in [1.54, 1.807) is 7.11 Å². The maximum Gasteiger partial charge on any atom is 0.142 e. The van der Waals surface area contributed by atoms with Crippen LogP contribution in [0.25, 0.3) is 0 Å². The second-order valence-electron chi connectivity index (χ2n) is 4.06. The fraction of sp³-hybridized carbons (Fsp3) is 0.462. The van der Waals surface area contributed by atoms with E-state index in [2.05, 4.69) is 17.0 Å². The van der Waals surface area contributed by atoms with Crippen molar-refractivity contribution in [1.29, 1.82) is 5.26 Å². The van der Waals surface area contributed by atoms with Crippen molar-refractivity contribution in [2.45, 2.75) is 12.8 Å². The number of rotatable bonds is 2. The van der Waals surface area contributed by atoms with Gasteiger partial charge in [-0.3, -0.25) is 0 Å². The summed E-state index contributed by atoms with van der Waals surface area (Å²) in [5.41, 5.74) is 1.14. The van der Waals surface area contributed by atoms with Gasteiger partial charge in [0.05, 0.1) is 18.9 Å². The lowest BCUT2D eigenvalue weighted by Gasteiger charge is -2.31. The molecule has 0 aromatic heterocycles. The Morgan fingerprint density at radius 2 is 2.00 bits per heavy atom. The Balaban J connectivity index is 2.11. The minimum Gasteiger partial charge on any atom is -0.495 e. The van der Waals surface area contributed by atoms with Crippen molar-refractivity contribution in [2.24, 2.45) is 5.92 Å². The van der Waals surface area contributed by atoms with E-state index >= 15 is 0 Å². The lowest BCUT2D eigenvalue weighted by Crippen LogP contribution is -2.33. The van der Waals surface area contributed by atoms with E-state index in [1.807, 2.05) is 18.2 Å². The smallest absolute Gasteiger partial charge is 0.142 e. The van der Waals surface area contributed by atoms with E-state index < -0.39 is 0 Å². The highest BCUT2D eigenvalue weighted by atomic mass is 16.5. The zero-order valence-electron chi connectivity index (χ0n) is 9.52. The molecule has 0 amide bonds. The van der Waals surface area contributed by atoms with Gasteiger partial charge in [0, 0.05) is 19.0 Å². The number of piperidine rings is 1. The number of anilines is 1. The first kappa shape index (κ1) is 10.8. The summed E-state index contributed by atoms with van der Waals surface area (Å²) in [6.07, 6.45) is 1.91. The van der Waals surface area contributed by atoms with Crippen LogP contribution in [0, 0.1) is 17.2 Å². The molecule has 1 aromatic carbocycles. The monoisotopic (exact) mass is 216 g/mol. The van der Waals surface area contributed by atoms with E-state index in [-0.39, 0.29) is 5.92 Å². The van der Waals surface area contributed by atoms with Gasteiger partial charge >= 0.3 is 0 Å². The predicted molar refractivity (Wildman–Crippen MR) is 63.5 cm³/mol. The maximum absolute atomic E-state index is 8.86. The molecule has 0 radical (unpaired) electrons. The molecule has 0 aliphatic carbocycles. The molecule has 0 atom stereocenters. The highest BCUT2D eigenvalue weighted by Crippen LogP contribution is 2.30. The third-order valence-corrected chi connectivity index (χ3v) is 3.10. The number of hydrogen-bond donors (Lipinski definition) is 0. The summed E-state index contributed by atoms with van der Waals surface area (Å²) in [6, 6.07) is 10.4. The van der Waals surface area contributed by atoms with Crippen LogP contribution in [0.15, 0.2) is 24.3 Å². The van der Waals surface area contributed by atoms with Gasteiger partial charge < -0.3 is 9.64 Å². The Bertz CT molecular complexity index is 389. The summed E-state index contributed by atoms with van der Waals surface area (Å²) in [7, 11) is 1.70. The van der Waals surface area contributed by atoms with Gasteiger partial charge in [0.25, 0.3) is 0 Å². The van der Waals surface area contributed by atoms with E-state index in [0.29, 0.717) is 0 Å². The van der Waals surface area contributed by atoms with Crippen LogP contribution in [-0.2, 0) is 0 Å². The van der Waals surface area contributed by atoms with Gasteiger partial charge in [0.2, 0.25) is 0 Å². The second-order valence-corrected chi connectivity index (χ2v) is 4.06. The average molecular weight is 216 g/mol. The predicted octanol–water partition coefficient (Wildman–Crippen LogP) is 2.44. The van der Waals surface area contributed by atoms with Crippen LogP contribution in [0.3, 0.4) is 0 Å². The molecule has 0 unspecified atom stereocenters. The highest BCUT2D eigenvalue weighted by Gasteiger charge is 2.20. The molecule has 3 heteroatoms. The standard InChI is InChI=1S/C13H16N2O/c1-16-13-5-3-2-4-12(13)15-8-6-11(10-14)7-9-15/h2-5,11H,6-9H2,1H3. The molecular weight excluding hydrogens is 200 g/mol. The molecule has 1 saturated heterocycles. The summed E-state index contributed by atoms with van der Waals surface area (Å²) >= 11 is 0. The molecule has 0 spiro atoms. The Labute approximate surface area is 96.2 Å². The molecule has 1 fully saturated rings. The molecule has 3 nitrogen and oxygen atoms in total. The SMILES string of the molecule is COc1ccccc1N1CCC(C#N)CC1. The summed E-state index contributed by atoms with van der Waals surface area (Å²) < 4.78 is 5.35. The third kappa shape index (κ3) is 2.11. The van der Waals surface area contributed by atoms with Gasteiger partial charge in [-0.05, 0) is 25.0 Å². The zero-order valence-corrected chi connectivity index (χ0v) is 9.52. The van der Waals surface area contributed by atoms with Crippen LogP contribution in [0.1, 0.15) is 12.8 Å². The Kier molecular flexibility index (Phi) is 3.31. The first-order valence-corrected chi connectivity index (χ1v) is 5.62. The van der Waals surface area contributed by atoms with Gasteiger partial charge in [-0.15, -0.1) is 0 Å². The summed E-state index contributed by atoms with van der Waals surface area (Å²) in [6.45, 7) is 1.89. The number of hydrogen-bond acceptors (Lipinski definition) is 3. The fourth-order valence-corrected chi connectivity index (χ4v) is 2.14. The minimum absolute atomic E-state index is 0.228. The van der Waals surface area contributed by atoms with E-state index in [4.69, 9.17) is 10.00 Å². The molecule has 0 bridgehead atoms. The normalized spacial score (nSPS) is 16.9. The Morgan fingerprint density at radius 1 is 1.31 bits per heavy atom. The van der Waals surface area contributed by atoms with Crippen LogP contribution < -0.4 is 9.64 Å². The van der Waals surface area contributed by atoms with Crippen LogP contribution in [-0.4, -0.2) is 20.2 Å². The van der Waals surface area contributed by atoms with Gasteiger partial charge in [-0.1, -0.05) is 12.1 Å². The number of nitrogens with zero attached hydrogens (tertiary/aromatic N) is 2. The first-order valence-electron chi connectivity index (χ1n) is 5.62. The third-order valence-electron chi connectivity index (χ3n) is 3.10. The Hall–Kier alpha value is -1.69. The molecule has 2 rings (SSSR count). The van der Waals surface area contributed by atoms with Crippen LogP contribution in [0.2, 0.25) is 0 Å². The fourth-order valence-electron chi connectivity index (χ4n) is 2.14. The van der Waals surface area contributed by atoms with Crippen LogP contribution in [0.5, 0.6) is 5.75 Å². The Morgan fingerprint density at radius 3 is 2.62 bits per heavy atom. The lowest BCUT2D eigenvalue weighted by atomic mass is 9.98. The van der Waals surface area contributed by atoms with Gasteiger partial charge in [0.1, 0.15) is 5.75 Å². The van der Waals surface area contributed by atoms with Crippen molar-refractivity contribution in [3.05, 3.63) is 24.3 Å². The molecule has 0 saturated carbocycles. The number of methoxy groups -OCH3 is 1. The maximum atomic E-state index is 8.86. The largest absolute Gasteiger partial charge is 0.495 e. The first-order chi connectivity index (χ1) is 7.85. The summed E-state index contributed by atoms with van der Waals surface area (Å²) in [4.78, 5) is 2.30. The molecule has 0 N–H and O–H groups in total. The molecule has 84 valence electrons. The summed E-state index contributed by atoms with van der Waals surface area (Å²) in [5, 5.41) is 8.86. The zero-order chi connectivity index (χ0) is 11.4. The van der Waals surface area contributed by atoms with Crippen molar-refractivity contribution in [3.8, 4) is 11.8 Å². The number of benzene rings is 1. The van der Waals surface area contributed by atoms with Gasteiger partial charge in [0.15, 0.2) is 0 Å². The molecule has 1 aliphatic rings. The minimum atomic E-state index is 0.228. The van der Waals surface area contributed by atoms with Crippen LogP contribution >= 0.6 is 0 Å². The van der Waals surface area contributed by atoms with Gasteiger partial charge in [-0.25, -0.2) is 0 Å². The molecule has 1 aromatic rings. The molecule has 16 heavy (non-hydrogen) atoms. The lowest BCUT2D eigenvalue weighted by molar-refractivity contribution is 0.410. The van der Waals surface area contributed by atoms with Crippen molar-refractivity contribution in [2.75, 3.05) is 25.1 Å². The van der Waals surface area contributed by atoms with Crippen molar-refractivity contribution in [3.63, 3.8) is 0 Å². The summed E-state index contributed by atoms with van der Waals surface area (Å²) in [5.74, 6) is 1.14. The molecule has 1 aliphatic heterocycles. The van der Waals surface area contributed by atoms with Crippen molar-refractivity contribution >= 4 is 5.69 Å². The second kappa shape index (κ2) is 4.89. The van der Waals surface area contributed by atoms with E-state index in [1.165, 1.54) is 0 Å². The number of nitriles is 1. The van der Waals surface area contributed by atoms with Gasteiger partial charge in [-0.2, -0.15) is 5.26 Å². The van der Waals surface area contributed by atoms with Crippen LogP contribution in [0.4, 0.5) is 5.69 Å². The quantitative estimate of drug-likeness (QED) is 0.761. The van der Waals surface area contributed by atoms with Crippen molar-refractivity contribution in [1.82, 2.24) is 0 Å². The highest BCUT2D eigenvalue weighted by molar-refractivity contribution is 5.58. The molecular formula is C13H16N2O. The topological polar surface area (TPSA) is 36.3 Å². The van der Waals surface area contributed by atoms with E-state index in [0.717, 1.165) is 37.4 Å². The molecule has 1 heterocycles.